The monoisotopic (exact) mass is 258 g/mol. The van der Waals surface area contributed by atoms with Gasteiger partial charge < -0.3 is 10.2 Å². The van der Waals surface area contributed by atoms with Gasteiger partial charge in [0.15, 0.2) is 0 Å². The van der Waals surface area contributed by atoms with E-state index in [2.05, 4.69) is 4.90 Å². The first-order chi connectivity index (χ1) is 8.47. The number of amides is 1. The highest BCUT2D eigenvalue weighted by atomic mass is 19.4. The highest BCUT2D eigenvalue weighted by Crippen LogP contribution is 2.23. The Hall–Kier alpha value is -1.72. The number of carbonyl (C=O) groups excluding carboxylic acids is 1. The molecule has 6 heteroatoms. The van der Waals surface area contributed by atoms with E-state index in [0.29, 0.717) is 0 Å². The Morgan fingerprint density at radius 3 is 2.17 bits per heavy atom. The summed E-state index contributed by atoms with van der Waals surface area (Å²) in [5.74, 6) is -1.95. The quantitative estimate of drug-likeness (QED) is 0.884. The van der Waals surface area contributed by atoms with Crippen LogP contribution in [-0.2, 0) is 4.79 Å². The standard InChI is InChI=1S/C12H13F3N2O/c13-12(14,15)11(18)16-9-3-5-10(6-4-9)17-7-1-2-8-17/h3-6H,1-2,7-8H2,(H,16,18). The fourth-order valence-electron chi connectivity index (χ4n) is 1.93. The zero-order chi connectivity index (χ0) is 13.2. The van der Waals surface area contributed by atoms with Crippen molar-refractivity contribution in [2.45, 2.75) is 19.0 Å². The van der Waals surface area contributed by atoms with Gasteiger partial charge in [0.2, 0.25) is 0 Å². The molecule has 2 rings (SSSR count). The van der Waals surface area contributed by atoms with E-state index in [0.717, 1.165) is 31.6 Å². The van der Waals surface area contributed by atoms with Crippen LogP contribution in [0.25, 0.3) is 0 Å². The number of carbonyl (C=O) groups is 1. The van der Waals surface area contributed by atoms with Crippen LogP contribution < -0.4 is 10.2 Å². The van der Waals surface area contributed by atoms with Gasteiger partial charge in [0.1, 0.15) is 0 Å². The highest BCUT2D eigenvalue weighted by Gasteiger charge is 2.38. The van der Waals surface area contributed by atoms with Crippen LogP contribution in [0.15, 0.2) is 24.3 Å². The number of halogens is 3. The number of benzene rings is 1. The van der Waals surface area contributed by atoms with Gasteiger partial charge in [-0.15, -0.1) is 0 Å². The molecule has 0 aromatic heterocycles. The Morgan fingerprint density at radius 1 is 1.11 bits per heavy atom. The lowest BCUT2D eigenvalue weighted by atomic mass is 10.2. The van der Waals surface area contributed by atoms with Crippen molar-refractivity contribution in [1.29, 1.82) is 0 Å². The molecule has 1 aliphatic rings. The average molecular weight is 258 g/mol. The number of nitrogens with zero attached hydrogens (tertiary/aromatic N) is 1. The van der Waals surface area contributed by atoms with Gasteiger partial charge in [0.05, 0.1) is 0 Å². The molecule has 0 spiro atoms. The normalized spacial score (nSPS) is 15.8. The van der Waals surface area contributed by atoms with Crippen molar-refractivity contribution in [3.63, 3.8) is 0 Å². The van der Waals surface area contributed by atoms with Crippen LogP contribution >= 0.6 is 0 Å². The van der Waals surface area contributed by atoms with E-state index in [-0.39, 0.29) is 5.69 Å². The van der Waals surface area contributed by atoms with Crippen molar-refractivity contribution >= 4 is 17.3 Å². The summed E-state index contributed by atoms with van der Waals surface area (Å²) >= 11 is 0. The Balaban J connectivity index is 2.01. The molecule has 1 aliphatic heterocycles. The van der Waals surface area contributed by atoms with Gasteiger partial charge in [-0.2, -0.15) is 13.2 Å². The fraction of sp³-hybridized carbons (Fsp3) is 0.417. The van der Waals surface area contributed by atoms with E-state index in [1.807, 2.05) is 5.32 Å². The Labute approximate surface area is 103 Å². The van der Waals surface area contributed by atoms with Crippen LogP contribution in [0.1, 0.15) is 12.8 Å². The summed E-state index contributed by atoms with van der Waals surface area (Å²) < 4.78 is 36.1. The summed E-state index contributed by atoms with van der Waals surface area (Å²) in [6.45, 7) is 1.93. The van der Waals surface area contributed by atoms with Crippen LogP contribution in [0, 0.1) is 0 Å². The topological polar surface area (TPSA) is 32.3 Å². The maximum absolute atomic E-state index is 12.0. The van der Waals surface area contributed by atoms with E-state index in [1.54, 1.807) is 12.1 Å². The Kier molecular flexibility index (Phi) is 3.45. The molecule has 1 fully saturated rings. The lowest BCUT2D eigenvalue weighted by Gasteiger charge is -2.17. The second kappa shape index (κ2) is 4.88. The first-order valence-corrected chi connectivity index (χ1v) is 5.70. The second-order valence-electron chi connectivity index (χ2n) is 4.19. The van der Waals surface area contributed by atoms with Crippen molar-refractivity contribution in [3.8, 4) is 0 Å². The predicted molar refractivity (Wildman–Crippen MR) is 62.6 cm³/mol. The molecule has 1 N–H and O–H groups in total. The minimum Gasteiger partial charge on any atom is -0.372 e. The molecule has 3 nitrogen and oxygen atoms in total. The summed E-state index contributed by atoms with van der Waals surface area (Å²) in [4.78, 5) is 12.9. The van der Waals surface area contributed by atoms with E-state index >= 15 is 0 Å². The molecular weight excluding hydrogens is 245 g/mol. The van der Waals surface area contributed by atoms with Crippen LogP contribution in [0.2, 0.25) is 0 Å². The molecule has 1 heterocycles. The highest BCUT2D eigenvalue weighted by molar-refractivity contribution is 5.95. The Bertz CT molecular complexity index is 422. The minimum atomic E-state index is -4.85. The molecule has 0 radical (unpaired) electrons. The van der Waals surface area contributed by atoms with Gasteiger partial charge in [0.25, 0.3) is 0 Å². The van der Waals surface area contributed by atoms with E-state index < -0.39 is 12.1 Å². The van der Waals surface area contributed by atoms with Crippen molar-refractivity contribution < 1.29 is 18.0 Å². The SMILES string of the molecule is O=C(Nc1ccc(N2CCCC2)cc1)C(F)(F)F. The minimum absolute atomic E-state index is 0.153. The number of hydrogen-bond acceptors (Lipinski definition) is 2. The number of rotatable bonds is 2. The van der Waals surface area contributed by atoms with Crippen LogP contribution in [0.4, 0.5) is 24.5 Å². The molecule has 1 aromatic carbocycles. The van der Waals surface area contributed by atoms with Crippen LogP contribution in [0.3, 0.4) is 0 Å². The molecular formula is C12H13F3N2O. The average Bonchev–Trinajstić information content (AvgIpc) is 2.82. The molecule has 98 valence electrons. The van der Waals surface area contributed by atoms with Crippen molar-refractivity contribution in [2.75, 3.05) is 23.3 Å². The number of alkyl halides is 3. The van der Waals surface area contributed by atoms with Crippen LogP contribution in [-0.4, -0.2) is 25.2 Å². The third-order valence-electron chi connectivity index (χ3n) is 2.85. The summed E-state index contributed by atoms with van der Waals surface area (Å²) in [6, 6.07) is 6.41. The lowest BCUT2D eigenvalue weighted by molar-refractivity contribution is -0.167. The maximum atomic E-state index is 12.0. The summed E-state index contributed by atoms with van der Waals surface area (Å²) in [6.07, 6.45) is -2.59. The smallest absolute Gasteiger partial charge is 0.372 e. The first-order valence-electron chi connectivity index (χ1n) is 5.70. The van der Waals surface area contributed by atoms with Crippen molar-refractivity contribution in [1.82, 2.24) is 0 Å². The largest absolute Gasteiger partial charge is 0.471 e. The zero-order valence-corrected chi connectivity index (χ0v) is 9.63. The molecule has 18 heavy (non-hydrogen) atoms. The number of anilines is 2. The molecule has 0 atom stereocenters. The molecule has 0 unspecified atom stereocenters. The third kappa shape index (κ3) is 2.94. The van der Waals surface area contributed by atoms with Gasteiger partial charge in [-0.25, -0.2) is 0 Å². The second-order valence-corrected chi connectivity index (χ2v) is 4.19. The fourth-order valence-corrected chi connectivity index (χ4v) is 1.93. The van der Waals surface area contributed by atoms with Gasteiger partial charge >= 0.3 is 12.1 Å². The van der Waals surface area contributed by atoms with Crippen molar-refractivity contribution in [3.05, 3.63) is 24.3 Å². The van der Waals surface area contributed by atoms with E-state index in [9.17, 15) is 18.0 Å². The van der Waals surface area contributed by atoms with Gasteiger partial charge in [-0.3, -0.25) is 4.79 Å². The van der Waals surface area contributed by atoms with E-state index in [4.69, 9.17) is 0 Å². The van der Waals surface area contributed by atoms with E-state index in [1.165, 1.54) is 12.1 Å². The van der Waals surface area contributed by atoms with Gasteiger partial charge in [-0.05, 0) is 37.1 Å². The van der Waals surface area contributed by atoms with Crippen LogP contribution in [0.5, 0.6) is 0 Å². The van der Waals surface area contributed by atoms with Gasteiger partial charge in [-0.1, -0.05) is 0 Å². The molecule has 0 aliphatic carbocycles. The summed E-state index contributed by atoms with van der Waals surface area (Å²) in [5.41, 5.74) is 1.12. The zero-order valence-electron chi connectivity index (χ0n) is 9.63. The van der Waals surface area contributed by atoms with Gasteiger partial charge in [0, 0.05) is 24.5 Å². The lowest BCUT2D eigenvalue weighted by Crippen LogP contribution is -2.29. The molecule has 0 bridgehead atoms. The number of hydrogen-bond donors (Lipinski definition) is 1. The maximum Gasteiger partial charge on any atom is 0.471 e. The molecule has 1 amide bonds. The molecule has 0 saturated carbocycles. The Morgan fingerprint density at radius 2 is 1.67 bits per heavy atom. The first kappa shape index (κ1) is 12.7. The molecule has 1 saturated heterocycles. The summed E-state index contributed by atoms with van der Waals surface area (Å²) in [5, 5.41) is 1.82. The predicted octanol–water partition coefficient (Wildman–Crippen LogP) is 2.79. The summed E-state index contributed by atoms with van der Waals surface area (Å²) in [7, 11) is 0. The van der Waals surface area contributed by atoms with Crippen molar-refractivity contribution in [2.24, 2.45) is 0 Å². The molecule has 1 aromatic rings. The number of nitrogens with one attached hydrogen (secondary N) is 1. The third-order valence-corrected chi connectivity index (χ3v) is 2.85.